The second-order valence-electron chi connectivity index (χ2n) is 3.35. The fourth-order valence-electron chi connectivity index (χ4n) is 1.30. The summed E-state index contributed by atoms with van der Waals surface area (Å²) >= 11 is 0. The maximum atomic E-state index is 12.7. The van der Waals surface area contributed by atoms with Crippen LogP contribution in [0.25, 0.3) is 0 Å². The van der Waals surface area contributed by atoms with Crippen molar-refractivity contribution < 1.29 is 9.18 Å². The normalized spacial score (nSPS) is 10.1. The van der Waals surface area contributed by atoms with Crippen molar-refractivity contribution >= 4 is 6.29 Å². The lowest BCUT2D eigenvalue weighted by molar-refractivity contribution is 0.112. The number of nitrogens with zero attached hydrogens (tertiary/aromatic N) is 2. The van der Waals surface area contributed by atoms with Crippen LogP contribution in [0.15, 0.2) is 36.7 Å². The SMILES string of the molecule is O=Cc1cnc(Cc2ccc(F)cc2)nc1. The van der Waals surface area contributed by atoms with Crippen molar-refractivity contribution in [3.8, 4) is 0 Å². The van der Waals surface area contributed by atoms with Gasteiger partial charge >= 0.3 is 0 Å². The third-order valence-corrected chi connectivity index (χ3v) is 2.14. The summed E-state index contributed by atoms with van der Waals surface area (Å²) in [6, 6.07) is 6.17. The second kappa shape index (κ2) is 4.61. The molecule has 1 aromatic heterocycles. The summed E-state index contributed by atoms with van der Waals surface area (Å²) in [6.07, 6.45) is 4.17. The van der Waals surface area contributed by atoms with Gasteiger partial charge in [-0.3, -0.25) is 4.79 Å². The quantitative estimate of drug-likeness (QED) is 0.737. The van der Waals surface area contributed by atoms with Crippen LogP contribution >= 0.6 is 0 Å². The third kappa shape index (κ3) is 2.48. The summed E-state index contributed by atoms with van der Waals surface area (Å²) in [4.78, 5) is 18.5. The first kappa shape index (κ1) is 10.4. The van der Waals surface area contributed by atoms with Crippen molar-refractivity contribution in [3.05, 3.63) is 59.4 Å². The lowest BCUT2D eigenvalue weighted by Gasteiger charge is -2.00. The van der Waals surface area contributed by atoms with Crippen LogP contribution in [0.5, 0.6) is 0 Å². The number of hydrogen-bond donors (Lipinski definition) is 0. The predicted octanol–water partition coefficient (Wildman–Crippen LogP) is 2.02. The molecule has 0 saturated heterocycles. The first-order chi connectivity index (χ1) is 7.78. The molecule has 2 rings (SSSR count). The summed E-state index contributed by atoms with van der Waals surface area (Å²) in [7, 11) is 0. The van der Waals surface area contributed by atoms with E-state index in [9.17, 15) is 9.18 Å². The number of rotatable bonds is 3. The molecule has 0 saturated carbocycles. The van der Waals surface area contributed by atoms with Crippen LogP contribution in [-0.4, -0.2) is 16.3 Å². The van der Waals surface area contributed by atoms with E-state index in [4.69, 9.17) is 0 Å². The average Bonchev–Trinajstić information content (AvgIpc) is 2.33. The Morgan fingerprint density at radius 2 is 1.75 bits per heavy atom. The van der Waals surface area contributed by atoms with Crippen LogP contribution in [0.4, 0.5) is 4.39 Å². The number of aldehydes is 1. The number of benzene rings is 1. The van der Waals surface area contributed by atoms with Crippen LogP contribution in [-0.2, 0) is 6.42 Å². The van der Waals surface area contributed by atoms with E-state index in [0.29, 0.717) is 24.1 Å². The van der Waals surface area contributed by atoms with Gasteiger partial charge < -0.3 is 0 Å². The van der Waals surface area contributed by atoms with Gasteiger partial charge in [0.2, 0.25) is 0 Å². The van der Waals surface area contributed by atoms with Crippen molar-refractivity contribution in [2.45, 2.75) is 6.42 Å². The number of halogens is 1. The van der Waals surface area contributed by atoms with Gasteiger partial charge in [-0.1, -0.05) is 12.1 Å². The summed E-state index contributed by atoms with van der Waals surface area (Å²) in [5.74, 6) is 0.346. The molecule has 4 heteroatoms. The van der Waals surface area contributed by atoms with E-state index in [0.717, 1.165) is 5.56 Å². The van der Waals surface area contributed by atoms with Crippen LogP contribution in [0.1, 0.15) is 21.7 Å². The maximum Gasteiger partial charge on any atom is 0.153 e. The van der Waals surface area contributed by atoms with Gasteiger partial charge in [0.1, 0.15) is 11.6 Å². The monoisotopic (exact) mass is 216 g/mol. The Morgan fingerprint density at radius 3 is 2.31 bits per heavy atom. The van der Waals surface area contributed by atoms with E-state index in [1.807, 2.05) is 0 Å². The highest BCUT2D eigenvalue weighted by Crippen LogP contribution is 2.06. The molecule has 1 aromatic carbocycles. The lowest BCUT2D eigenvalue weighted by Crippen LogP contribution is -1.97. The van der Waals surface area contributed by atoms with Crippen molar-refractivity contribution in [2.75, 3.05) is 0 Å². The van der Waals surface area contributed by atoms with E-state index in [-0.39, 0.29) is 5.82 Å². The van der Waals surface area contributed by atoms with E-state index >= 15 is 0 Å². The van der Waals surface area contributed by atoms with Crippen LogP contribution < -0.4 is 0 Å². The molecule has 0 fully saturated rings. The van der Waals surface area contributed by atoms with Crippen LogP contribution in [0.3, 0.4) is 0 Å². The Balaban J connectivity index is 2.14. The zero-order valence-corrected chi connectivity index (χ0v) is 8.43. The van der Waals surface area contributed by atoms with Gasteiger partial charge in [-0.15, -0.1) is 0 Å². The molecule has 0 unspecified atom stereocenters. The first-order valence-electron chi connectivity index (χ1n) is 4.78. The standard InChI is InChI=1S/C12H9FN2O/c13-11-3-1-9(2-4-11)5-12-14-6-10(8-16)7-15-12/h1-4,6-8H,5H2. The molecule has 80 valence electrons. The molecular weight excluding hydrogens is 207 g/mol. The molecule has 3 nitrogen and oxygen atoms in total. The van der Waals surface area contributed by atoms with Gasteiger partial charge in [0.25, 0.3) is 0 Å². The zero-order valence-electron chi connectivity index (χ0n) is 8.43. The van der Waals surface area contributed by atoms with E-state index < -0.39 is 0 Å². The number of aromatic nitrogens is 2. The number of hydrogen-bond acceptors (Lipinski definition) is 3. The molecule has 2 aromatic rings. The zero-order chi connectivity index (χ0) is 11.4. The minimum absolute atomic E-state index is 0.263. The van der Waals surface area contributed by atoms with Gasteiger partial charge in [-0.2, -0.15) is 0 Å². The van der Waals surface area contributed by atoms with E-state index in [2.05, 4.69) is 9.97 Å². The first-order valence-corrected chi connectivity index (χ1v) is 4.78. The minimum Gasteiger partial charge on any atom is -0.298 e. The number of carbonyl (C=O) groups excluding carboxylic acids is 1. The average molecular weight is 216 g/mol. The topological polar surface area (TPSA) is 42.9 Å². The van der Waals surface area contributed by atoms with Gasteiger partial charge in [0.05, 0.1) is 5.56 Å². The molecule has 0 radical (unpaired) electrons. The highest BCUT2D eigenvalue weighted by atomic mass is 19.1. The maximum absolute atomic E-state index is 12.7. The Labute approximate surface area is 92.0 Å². The third-order valence-electron chi connectivity index (χ3n) is 2.14. The van der Waals surface area contributed by atoms with Crippen molar-refractivity contribution in [1.82, 2.24) is 9.97 Å². The molecule has 0 aliphatic carbocycles. The van der Waals surface area contributed by atoms with Crippen molar-refractivity contribution in [2.24, 2.45) is 0 Å². The molecule has 0 atom stereocenters. The molecule has 16 heavy (non-hydrogen) atoms. The van der Waals surface area contributed by atoms with Gasteiger partial charge in [0.15, 0.2) is 6.29 Å². The molecule has 0 bridgehead atoms. The summed E-state index contributed by atoms with van der Waals surface area (Å²) in [5, 5.41) is 0. The molecule has 0 aliphatic rings. The van der Waals surface area contributed by atoms with Gasteiger partial charge in [0, 0.05) is 18.8 Å². The van der Waals surface area contributed by atoms with Gasteiger partial charge in [-0.25, -0.2) is 14.4 Å². The summed E-state index contributed by atoms with van der Waals surface area (Å²) < 4.78 is 12.7. The predicted molar refractivity (Wildman–Crippen MR) is 56.6 cm³/mol. The van der Waals surface area contributed by atoms with E-state index in [1.54, 1.807) is 12.1 Å². The Hall–Kier alpha value is -2.10. The highest BCUT2D eigenvalue weighted by molar-refractivity contribution is 5.73. The fourth-order valence-corrected chi connectivity index (χ4v) is 1.30. The molecule has 0 aliphatic heterocycles. The Kier molecular flexibility index (Phi) is 3.00. The number of carbonyl (C=O) groups is 1. The smallest absolute Gasteiger partial charge is 0.153 e. The van der Waals surface area contributed by atoms with Crippen molar-refractivity contribution in [1.29, 1.82) is 0 Å². The molecule has 0 N–H and O–H groups in total. The fraction of sp³-hybridized carbons (Fsp3) is 0.0833. The van der Waals surface area contributed by atoms with Crippen LogP contribution in [0.2, 0.25) is 0 Å². The Bertz CT molecular complexity index is 479. The Morgan fingerprint density at radius 1 is 1.12 bits per heavy atom. The highest BCUT2D eigenvalue weighted by Gasteiger charge is 2.00. The molecule has 1 heterocycles. The van der Waals surface area contributed by atoms with E-state index in [1.165, 1.54) is 24.5 Å². The lowest BCUT2D eigenvalue weighted by atomic mass is 10.1. The minimum atomic E-state index is -0.263. The summed E-state index contributed by atoms with van der Waals surface area (Å²) in [6.45, 7) is 0. The molecular formula is C12H9FN2O. The second-order valence-corrected chi connectivity index (χ2v) is 3.35. The van der Waals surface area contributed by atoms with Crippen molar-refractivity contribution in [3.63, 3.8) is 0 Å². The summed E-state index contributed by atoms with van der Waals surface area (Å²) in [5.41, 5.74) is 1.38. The van der Waals surface area contributed by atoms with Crippen LogP contribution in [0, 0.1) is 5.82 Å². The van der Waals surface area contributed by atoms with Gasteiger partial charge in [-0.05, 0) is 17.7 Å². The molecule has 0 spiro atoms. The molecule has 0 amide bonds. The largest absolute Gasteiger partial charge is 0.298 e.